The number of aromatic nitrogens is 3. The Labute approximate surface area is 356 Å². The summed E-state index contributed by atoms with van der Waals surface area (Å²) in [6, 6.07) is 75.5. The fourth-order valence-corrected chi connectivity index (χ4v) is 9.10. The van der Waals surface area contributed by atoms with E-state index in [4.69, 9.17) is 15.0 Å². The van der Waals surface area contributed by atoms with Gasteiger partial charge in [-0.25, -0.2) is 15.0 Å². The minimum absolute atomic E-state index is 0.164. The van der Waals surface area contributed by atoms with Gasteiger partial charge in [-0.1, -0.05) is 178 Å². The predicted octanol–water partition coefficient (Wildman–Crippen LogP) is 15.0. The van der Waals surface area contributed by atoms with Crippen molar-refractivity contribution in [3.05, 3.63) is 223 Å². The monoisotopic (exact) mass is 779 g/mol. The van der Waals surface area contributed by atoms with Crippen molar-refractivity contribution < 1.29 is 0 Å². The van der Waals surface area contributed by atoms with Crippen LogP contribution in [-0.4, -0.2) is 15.0 Å². The van der Waals surface area contributed by atoms with Gasteiger partial charge >= 0.3 is 0 Å². The van der Waals surface area contributed by atoms with Crippen LogP contribution in [0.25, 0.3) is 101 Å². The molecule has 0 N–H and O–H groups in total. The average Bonchev–Trinajstić information content (AvgIpc) is 3.56. The molecule has 1 aliphatic carbocycles. The Morgan fingerprint density at radius 1 is 0.295 bits per heavy atom. The molecule has 0 unspecified atom stereocenters. The maximum absolute atomic E-state index is 5.50. The summed E-state index contributed by atoms with van der Waals surface area (Å²) < 4.78 is 0. The SMILES string of the molecule is CC1(C)c2ccccc2-c2cc3c(-c4cc(-c5ccccc5)cc(-c5nc(-c6ccccc6)cc(-c6ccccc6)n5)c4)cc(-c4cccc(-c5ccccc5)c4)nc3cc21. The first kappa shape index (κ1) is 36.3. The second kappa shape index (κ2) is 14.8. The van der Waals surface area contributed by atoms with Crippen molar-refractivity contribution in [1.29, 1.82) is 0 Å². The van der Waals surface area contributed by atoms with Crippen molar-refractivity contribution in [3.63, 3.8) is 0 Å². The highest BCUT2D eigenvalue weighted by atomic mass is 14.9. The third kappa shape index (κ3) is 6.61. The fourth-order valence-electron chi connectivity index (χ4n) is 9.10. The Bertz CT molecular complexity index is 3190. The summed E-state index contributed by atoms with van der Waals surface area (Å²) in [6.45, 7) is 4.67. The first-order valence-electron chi connectivity index (χ1n) is 20.9. The van der Waals surface area contributed by atoms with E-state index >= 15 is 0 Å². The molecule has 2 aromatic heterocycles. The van der Waals surface area contributed by atoms with E-state index in [1.807, 2.05) is 12.1 Å². The van der Waals surface area contributed by atoms with Crippen LogP contribution in [0.2, 0.25) is 0 Å². The molecule has 8 aromatic carbocycles. The second-order valence-electron chi connectivity index (χ2n) is 16.4. The van der Waals surface area contributed by atoms with Gasteiger partial charge in [0.15, 0.2) is 5.82 Å². The number of hydrogen-bond acceptors (Lipinski definition) is 3. The summed E-state index contributed by atoms with van der Waals surface area (Å²) in [7, 11) is 0. The molecule has 0 atom stereocenters. The molecular formula is C58H41N3. The molecule has 0 radical (unpaired) electrons. The van der Waals surface area contributed by atoms with E-state index in [0.29, 0.717) is 5.82 Å². The molecule has 0 bridgehead atoms. The molecule has 288 valence electrons. The topological polar surface area (TPSA) is 38.7 Å². The van der Waals surface area contributed by atoms with Gasteiger partial charge in [-0.3, -0.25) is 0 Å². The molecule has 3 heteroatoms. The molecule has 0 aliphatic heterocycles. The number of benzene rings is 8. The smallest absolute Gasteiger partial charge is 0.160 e. The van der Waals surface area contributed by atoms with E-state index in [-0.39, 0.29) is 5.41 Å². The van der Waals surface area contributed by atoms with Crippen molar-refractivity contribution in [1.82, 2.24) is 15.0 Å². The Balaban J connectivity index is 1.18. The zero-order valence-corrected chi connectivity index (χ0v) is 34.0. The Morgan fingerprint density at radius 2 is 0.787 bits per heavy atom. The minimum Gasteiger partial charge on any atom is -0.248 e. The van der Waals surface area contributed by atoms with Crippen LogP contribution in [0.3, 0.4) is 0 Å². The van der Waals surface area contributed by atoms with Gasteiger partial charge in [0.25, 0.3) is 0 Å². The highest BCUT2D eigenvalue weighted by molar-refractivity contribution is 6.02. The molecule has 61 heavy (non-hydrogen) atoms. The van der Waals surface area contributed by atoms with Crippen LogP contribution in [0.1, 0.15) is 25.0 Å². The molecule has 1 aliphatic rings. The summed E-state index contributed by atoms with van der Waals surface area (Å²) >= 11 is 0. The van der Waals surface area contributed by atoms with Crippen LogP contribution in [0.4, 0.5) is 0 Å². The standard InChI is InChI=1S/C58H41N3/c1-58(2)51-29-16-15-28-47(51)49-34-50-48(35-53(59-56(50)36-52(49)58)43-27-17-26-42(30-43)38-18-7-3-8-19-38)45-31-44(39-20-9-4-10-21-39)32-46(33-45)57-60-54(40-22-11-5-12-23-40)37-55(61-57)41-24-13-6-14-25-41/h3-37H,1-2H3. The van der Waals surface area contributed by atoms with Crippen molar-refractivity contribution in [2.75, 3.05) is 0 Å². The van der Waals surface area contributed by atoms with Gasteiger partial charge in [-0.2, -0.15) is 0 Å². The summed E-state index contributed by atoms with van der Waals surface area (Å²) in [5, 5.41) is 1.11. The van der Waals surface area contributed by atoms with Crippen molar-refractivity contribution >= 4 is 10.9 Å². The zero-order valence-electron chi connectivity index (χ0n) is 34.0. The van der Waals surface area contributed by atoms with Crippen LogP contribution < -0.4 is 0 Å². The normalized spacial score (nSPS) is 12.6. The first-order valence-corrected chi connectivity index (χ1v) is 20.9. The summed E-state index contributed by atoms with van der Waals surface area (Å²) in [5.74, 6) is 0.671. The van der Waals surface area contributed by atoms with Gasteiger partial charge < -0.3 is 0 Å². The Kier molecular flexibility index (Phi) is 8.82. The van der Waals surface area contributed by atoms with Crippen molar-refractivity contribution in [3.8, 4) is 89.7 Å². The third-order valence-electron chi connectivity index (χ3n) is 12.3. The lowest BCUT2D eigenvalue weighted by molar-refractivity contribution is 0.661. The van der Waals surface area contributed by atoms with Crippen LogP contribution in [-0.2, 0) is 5.41 Å². The molecule has 0 saturated carbocycles. The van der Waals surface area contributed by atoms with E-state index in [2.05, 4.69) is 214 Å². The van der Waals surface area contributed by atoms with E-state index < -0.39 is 0 Å². The fraction of sp³-hybridized carbons (Fsp3) is 0.0517. The number of nitrogens with zero attached hydrogens (tertiary/aromatic N) is 3. The van der Waals surface area contributed by atoms with Crippen LogP contribution in [0, 0.1) is 0 Å². The average molecular weight is 780 g/mol. The molecule has 0 fully saturated rings. The molecule has 11 rings (SSSR count). The number of hydrogen-bond donors (Lipinski definition) is 0. The molecular weight excluding hydrogens is 739 g/mol. The molecule has 0 saturated heterocycles. The lowest BCUT2D eigenvalue weighted by Crippen LogP contribution is -2.14. The van der Waals surface area contributed by atoms with E-state index in [1.54, 1.807) is 0 Å². The van der Waals surface area contributed by atoms with Crippen molar-refractivity contribution in [2.24, 2.45) is 0 Å². The quantitative estimate of drug-likeness (QED) is 0.162. The molecule has 10 aromatic rings. The number of pyridine rings is 1. The molecule has 2 heterocycles. The number of rotatable bonds is 7. The van der Waals surface area contributed by atoms with Crippen LogP contribution in [0.15, 0.2) is 212 Å². The van der Waals surface area contributed by atoms with Crippen LogP contribution >= 0.6 is 0 Å². The highest BCUT2D eigenvalue weighted by Gasteiger charge is 2.36. The van der Waals surface area contributed by atoms with Crippen LogP contribution in [0.5, 0.6) is 0 Å². The van der Waals surface area contributed by atoms with Gasteiger partial charge in [-0.05, 0) is 104 Å². The van der Waals surface area contributed by atoms with E-state index in [1.165, 1.54) is 27.8 Å². The lowest BCUT2D eigenvalue weighted by atomic mass is 9.82. The summed E-state index contributed by atoms with van der Waals surface area (Å²) in [5.41, 5.74) is 19.5. The Morgan fingerprint density at radius 3 is 1.44 bits per heavy atom. The first-order chi connectivity index (χ1) is 30.0. The minimum atomic E-state index is -0.164. The summed E-state index contributed by atoms with van der Waals surface area (Å²) in [4.78, 5) is 16.1. The third-order valence-corrected chi connectivity index (χ3v) is 12.3. The maximum atomic E-state index is 5.50. The zero-order chi connectivity index (χ0) is 40.9. The lowest BCUT2D eigenvalue weighted by Gasteiger charge is -2.22. The van der Waals surface area contributed by atoms with Gasteiger partial charge in [-0.15, -0.1) is 0 Å². The summed E-state index contributed by atoms with van der Waals surface area (Å²) in [6.07, 6.45) is 0. The van der Waals surface area contributed by atoms with Gasteiger partial charge in [0.1, 0.15) is 0 Å². The second-order valence-corrected chi connectivity index (χ2v) is 16.4. The molecule has 0 amide bonds. The predicted molar refractivity (Wildman–Crippen MR) is 253 cm³/mol. The van der Waals surface area contributed by atoms with Crippen molar-refractivity contribution in [2.45, 2.75) is 19.3 Å². The van der Waals surface area contributed by atoms with Gasteiger partial charge in [0.05, 0.1) is 22.6 Å². The van der Waals surface area contributed by atoms with Gasteiger partial charge in [0.2, 0.25) is 0 Å². The molecule has 0 spiro atoms. The highest BCUT2D eigenvalue weighted by Crippen LogP contribution is 2.51. The van der Waals surface area contributed by atoms with E-state index in [0.717, 1.165) is 78.1 Å². The van der Waals surface area contributed by atoms with E-state index in [9.17, 15) is 0 Å². The Hall–Kier alpha value is -7.75. The largest absolute Gasteiger partial charge is 0.248 e. The molecule has 3 nitrogen and oxygen atoms in total. The number of fused-ring (bicyclic) bond motifs is 4. The maximum Gasteiger partial charge on any atom is 0.160 e. The van der Waals surface area contributed by atoms with Gasteiger partial charge in [0, 0.05) is 33.1 Å².